The van der Waals surface area contributed by atoms with Gasteiger partial charge in [0, 0.05) is 19.3 Å². The zero-order chi connectivity index (χ0) is 19.2. The predicted molar refractivity (Wildman–Crippen MR) is 112 cm³/mol. The van der Waals surface area contributed by atoms with Crippen LogP contribution < -0.4 is 16.0 Å². The third kappa shape index (κ3) is 5.18. The molecule has 1 aromatic rings. The van der Waals surface area contributed by atoms with Crippen molar-refractivity contribution >= 4 is 5.91 Å². The van der Waals surface area contributed by atoms with Crippen molar-refractivity contribution in [3.63, 3.8) is 0 Å². The van der Waals surface area contributed by atoms with Crippen molar-refractivity contribution < 1.29 is 4.79 Å². The molecule has 2 aliphatic heterocycles. The summed E-state index contributed by atoms with van der Waals surface area (Å²) in [6, 6.07) is 6.18. The molecule has 1 radical (unpaired) electrons. The molecule has 0 aliphatic carbocycles. The standard InChI is InChI=1S/C23H37N3O/c1-3-18-6-5-17(15-19(18)4-2)16-22(24)23(27)26-13-9-21(10-14-26)20-7-11-25-12-8-20/h5-6,15,20-22,25H,3-4,7-14,16,24H2,1-2H3/q+1/t22-/m1/s1. The number of benzene rings is 1. The Morgan fingerprint density at radius 1 is 1.07 bits per heavy atom. The summed E-state index contributed by atoms with van der Waals surface area (Å²) in [7, 11) is 0. The van der Waals surface area contributed by atoms with Crippen molar-refractivity contribution in [1.82, 2.24) is 10.2 Å². The van der Waals surface area contributed by atoms with E-state index in [2.05, 4.69) is 37.4 Å². The molecule has 1 aromatic carbocycles. The molecule has 4 nitrogen and oxygen atoms in total. The van der Waals surface area contributed by atoms with Gasteiger partial charge in [-0.25, -0.2) is 4.79 Å². The Bertz CT molecular complexity index is 616. The highest BCUT2D eigenvalue weighted by atomic mass is 16.2. The lowest BCUT2D eigenvalue weighted by atomic mass is 9.79. The quantitative estimate of drug-likeness (QED) is 0.756. The van der Waals surface area contributed by atoms with Crippen LogP contribution in [0.2, 0.25) is 0 Å². The topological polar surface area (TPSA) is 61.0 Å². The molecule has 1 amide bonds. The van der Waals surface area contributed by atoms with E-state index in [1.165, 1.54) is 29.5 Å². The molecular weight excluding hydrogens is 334 g/mol. The number of carbonyl (C=O) groups excluding carboxylic acids is 1. The fourth-order valence-corrected chi connectivity index (χ4v) is 4.96. The number of hydrogen-bond donors (Lipinski definition) is 2. The molecule has 3 N–H and O–H groups in total. The molecule has 149 valence electrons. The van der Waals surface area contributed by atoms with Gasteiger partial charge in [-0.3, -0.25) is 0 Å². The Balaban J connectivity index is 1.52. The van der Waals surface area contributed by atoms with Crippen LogP contribution >= 0.6 is 0 Å². The van der Waals surface area contributed by atoms with Gasteiger partial charge >= 0.3 is 5.91 Å². The van der Waals surface area contributed by atoms with Gasteiger partial charge in [0.15, 0.2) is 0 Å². The summed E-state index contributed by atoms with van der Waals surface area (Å²) < 4.78 is 0. The minimum atomic E-state index is -0.419. The molecule has 0 unspecified atom stereocenters. The number of nitrogens with zero attached hydrogens (tertiary/aromatic N) is 1. The Hall–Kier alpha value is -1.23. The number of amides is 1. The maximum atomic E-state index is 12.9. The molecule has 0 aromatic heterocycles. The summed E-state index contributed by atoms with van der Waals surface area (Å²) in [6.45, 7) is 8.47. The number of piperidine rings is 2. The summed E-state index contributed by atoms with van der Waals surface area (Å²) >= 11 is 0. The Labute approximate surface area is 164 Å². The summed E-state index contributed by atoms with van der Waals surface area (Å²) in [5.74, 6) is 1.78. The van der Waals surface area contributed by atoms with Crippen LogP contribution in [0.25, 0.3) is 0 Å². The van der Waals surface area contributed by atoms with Gasteiger partial charge in [0.05, 0.1) is 0 Å². The first kappa shape index (κ1) is 20.5. The average Bonchev–Trinajstić information content (AvgIpc) is 2.73. The monoisotopic (exact) mass is 371 g/mol. The SMILES string of the molecule is CCc1ccc(C[C@@H](N)C(=O)[N+]2CCC(C3CCNCC3)CC2)cc1CC. The van der Waals surface area contributed by atoms with Crippen LogP contribution in [-0.2, 0) is 24.1 Å². The molecule has 0 spiro atoms. The van der Waals surface area contributed by atoms with Gasteiger partial charge < -0.3 is 11.1 Å². The van der Waals surface area contributed by atoms with Crippen LogP contribution in [0.4, 0.5) is 0 Å². The maximum Gasteiger partial charge on any atom is 0.378 e. The van der Waals surface area contributed by atoms with E-state index >= 15 is 0 Å². The molecule has 2 heterocycles. The molecule has 27 heavy (non-hydrogen) atoms. The number of aryl methyl sites for hydroxylation is 2. The van der Waals surface area contributed by atoms with E-state index < -0.39 is 6.04 Å². The predicted octanol–water partition coefficient (Wildman–Crippen LogP) is 2.76. The number of rotatable bonds is 6. The summed E-state index contributed by atoms with van der Waals surface area (Å²) in [6.07, 6.45) is 7.62. The molecular formula is C23H37N3O+. The second-order valence-electron chi connectivity index (χ2n) is 8.37. The van der Waals surface area contributed by atoms with E-state index in [0.717, 1.165) is 63.7 Å². The highest BCUT2D eigenvalue weighted by Crippen LogP contribution is 2.30. The maximum absolute atomic E-state index is 12.9. The molecule has 3 rings (SSSR count). The van der Waals surface area contributed by atoms with Crippen LogP contribution in [0.15, 0.2) is 18.2 Å². The fraction of sp³-hybridized carbons (Fsp3) is 0.696. The lowest BCUT2D eigenvalue weighted by Gasteiger charge is -2.33. The second kappa shape index (κ2) is 9.81. The van der Waals surface area contributed by atoms with Gasteiger partial charge in [-0.1, -0.05) is 32.0 Å². The van der Waals surface area contributed by atoms with Gasteiger partial charge in [0.1, 0.15) is 19.1 Å². The van der Waals surface area contributed by atoms with Crippen molar-refractivity contribution in [2.75, 3.05) is 26.2 Å². The Morgan fingerprint density at radius 2 is 1.70 bits per heavy atom. The molecule has 2 aliphatic rings. The summed E-state index contributed by atoms with van der Waals surface area (Å²) in [4.78, 5) is 14.9. The fourth-order valence-electron chi connectivity index (χ4n) is 4.96. The molecule has 2 saturated heterocycles. The number of likely N-dealkylation sites (tertiary alicyclic amines) is 1. The van der Waals surface area contributed by atoms with Crippen molar-refractivity contribution in [1.29, 1.82) is 0 Å². The zero-order valence-electron chi connectivity index (χ0n) is 17.2. The first-order valence-electron chi connectivity index (χ1n) is 11.0. The molecule has 0 bridgehead atoms. The van der Waals surface area contributed by atoms with Gasteiger partial charge in [-0.15, -0.1) is 4.90 Å². The van der Waals surface area contributed by atoms with E-state index in [1.54, 1.807) is 0 Å². The van der Waals surface area contributed by atoms with Crippen LogP contribution in [-0.4, -0.2) is 38.1 Å². The third-order valence-corrected chi connectivity index (χ3v) is 6.71. The Kier molecular flexibility index (Phi) is 7.45. The number of nitrogens with two attached hydrogens (primary N) is 1. The first-order chi connectivity index (χ1) is 13.1. The van der Waals surface area contributed by atoms with Crippen LogP contribution in [0, 0.1) is 11.8 Å². The summed E-state index contributed by atoms with van der Waals surface area (Å²) in [5.41, 5.74) is 10.3. The van der Waals surface area contributed by atoms with Gasteiger partial charge in [0.25, 0.3) is 0 Å². The minimum absolute atomic E-state index is 0.136. The van der Waals surface area contributed by atoms with Crippen molar-refractivity contribution in [3.05, 3.63) is 34.9 Å². The van der Waals surface area contributed by atoms with Crippen LogP contribution in [0.1, 0.15) is 56.2 Å². The smallest absolute Gasteiger partial charge is 0.317 e. The van der Waals surface area contributed by atoms with E-state index in [0.29, 0.717) is 6.42 Å². The van der Waals surface area contributed by atoms with Gasteiger partial charge in [-0.2, -0.15) is 0 Å². The minimum Gasteiger partial charge on any atom is -0.317 e. The lowest BCUT2D eigenvalue weighted by molar-refractivity contribution is -0.128. The van der Waals surface area contributed by atoms with Crippen molar-refractivity contribution in [3.8, 4) is 0 Å². The van der Waals surface area contributed by atoms with Crippen molar-refractivity contribution in [2.45, 2.75) is 64.8 Å². The van der Waals surface area contributed by atoms with Crippen LogP contribution in [0.3, 0.4) is 0 Å². The molecule has 0 saturated carbocycles. The van der Waals surface area contributed by atoms with Crippen LogP contribution in [0.5, 0.6) is 0 Å². The van der Waals surface area contributed by atoms with E-state index in [9.17, 15) is 4.79 Å². The average molecular weight is 372 g/mol. The second-order valence-corrected chi connectivity index (χ2v) is 8.37. The Morgan fingerprint density at radius 3 is 2.33 bits per heavy atom. The van der Waals surface area contributed by atoms with Gasteiger partial charge in [-0.05, 0) is 67.3 Å². The zero-order valence-corrected chi connectivity index (χ0v) is 17.2. The first-order valence-corrected chi connectivity index (χ1v) is 11.0. The number of nitrogens with one attached hydrogen (secondary N) is 1. The molecule has 4 heteroatoms. The molecule has 1 atom stereocenters. The number of hydrogen-bond acceptors (Lipinski definition) is 3. The van der Waals surface area contributed by atoms with E-state index in [4.69, 9.17) is 5.73 Å². The van der Waals surface area contributed by atoms with Crippen molar-refractivity contribution in [2.24, 2.45) is 17.6 Å². The molecule has 2 fully saturated rings. The van der Waals surface area contributed by atoms with E-state index in [-0.39, 0.29) is 5.91 Å². The number of carbonyl (C=O) groups is 1. The highest BCUT2D eigenvalue weighted by Gasteiger charge is 2.38. The van der Waals surface area contributed by atoms with Gasteiger partial charge in [0.2, 0.25) is 0 Å². The third-order valence-electron chi connectivity index (χ3n) is 6.71. The normalized spacial score (nSPS) is 21.3. The highest BCUT2D eigenvalue weighted by molar-refractivity contribution is 5.84. The largest absolute Gasteiger partial charge is 0.378 e. The van der Waals surface area contributed by atoms with E-state index in [1.807, 2.05) is 4.90 Å². The lowest BCUT2D eigenvalue weighted by Crippen LogP contribution is -2.52. The summed E-state index contributed by atoms with van der Waals surface area (Å²) in [5, 5.41) is 3.45.